The number of halogens is 2. The maximum absolute atomic E-state index is 13.3. The van der Waals surface area contributed by atoms with Crippen LogP contribution in [0.3, 0.4) is 0 Å². The van der Waals surface area contributed by atoms with Gasteiger partial charge in [-0.05, 0) is 12.1 Å². The molecule has 0 fully saturated rings. The summed E-state index contributed by atoms with van der Waals surface area (Å²) in [6.07, 6.45) is 0. The predicted octanol–water partition coefficient (Wildman–Crippen LogP) is 0.441. The number of nitriles is 1. The Hall–Kier alpha value is -1.36. The molecular formula is C9H8F2N2O2S. The number of aliphatic hydroxyl groups is 1. The van der Waals surface area contributed by atoms with E-state index in [1.165, 1.54) is 0 Å². The Labute approximate surface area is 93.1 Å². The van der Waals surface area contributed by atoms with Crippen LogP contribution in [0.15, 0.2) is 17.0 Å². The fourth-order valence-corrected chi connectivity index (χ4v) is 1.91. The highest BCUT2D eigenvalue weighted by molar-refractivity contribution is 7.83. The zero-order chi connectivity index (χ0) is 12.1. The molecule has 1 aromatic carbocycles. The number of hydrogen-bond acceptors (Lipinski definition) is 3. The summed E-state index contributed by atoms with van der Waals surface area (Å²) in [5, 5.41) is 16.9. The van der Waals surface area contributed by atoms with Crippen LogP contribution in [-0.2, 0) is 11.0 Å². The Kier molecular flexibility index (Phi) is 4.49. The average molecular weight is 246 g/mol. The number of rotatable bonds is 4. The molecule has 0 aliphatic rings. The molecule has 16 heavy (non-hydrogen) atoms. The summed E-state index contributed by atoms with van der Waals surface area (Å²) in [4.78, 5) is -0.646. The third kappa shape index (κ3) is 2.82. The first kappa shape index (κ1) is 12.7. The van der Waals surface area contributed by atoms with Gasteiger partial charge in [-0.25, -0.2) is 17.7 Å². The van der Waals surface area contributed by atoms with Gasteiger partial charge in [-0.2, -0.15) is 5.26 Å². The average Bonchev–Trinajstić information content (AvgIpc) is 2.25. The molecule has 0 aromatic heterocycles. The predicted molar refractivity (Wildman–Crippen MR) is 52.6 cm³/mol. The summed E-state index contributed by atoms with van der Waals surface area (Å²) in [7, 11) is -2.09. The van der Waals surface area contributed by atoms with Crippen LogP contribution in [-0.4, -0.2) is 22.5 Å². The molecule has 0 aliphatic carbocycles. The lowest BCUT2D eigenvalue weighted by Crippen LogP contribution is -2.22. The molecule has 7 heteroatoms. The van der Waals surface area contributed by atoms with Gasteiger partial charge in [0.05, 0.1) is 18.2 Å². The van der Waals surface area contributed by atoms with Gasteiger partial charge in [-0.1, -0.05) is 0 Å². The second-order valence-electron chi connectivity index (χ2n) is 2.77. The molecular weight excluding hydrogens is 238 g/mol. The normalized spacial score (nSPS) is 12.1. The molecule has 0 radical (unpaired) electrons. The Morgan fingerprint density at radius 2 is 2.00 bits per heavy atom. The highest BCUT2D eigenvalue weighted by atomic mass is 32.2. The lowest BCUT2D eigenvalue weighted by molar-refractivity contribution is 0.301. The van der Waals surface area contributed by atoms with Crippen molar-refractivity contribution in [3.05, 3.63) is 29.3 Å². The second kappa shape index (κ2) is 5.65. The van der Waals surface area contributed by atoms with Gasteiger partial charge in [0.15, 0.2) is 0 Å². The highest BCUT2D eigenvalue weighted by Crippen LogP contribution is 2.17. The molecule has 0 saturated heterocycles. The van der Waals surface area contributed by atoms with Gasteiger partial charge in [-0.3, -0.25) is 0 Å². The fourth-order valence-electron chi connectivity index (χ4n) is 1.01. The van der Waals surface area contributed by atoms with Gasteiger partial charge in [0.2, 0.25) is 0 Å². The number of nitrogens with one attached hydrogen (secondary N) is 1. The van der Waals surface area contributed by atoms with Crippen LogP contribution in [0.25, 0.3) is 0 Å². The second-order valence-corrected chi connectivity index (χ2v) is 4.00. The molecule has 0 saturated carbocycles. The van der Waals surface area contributed by atoms with E-state index in [9.17, 15) is 13.0 Å². The van der Waals surface area contributed by atoms with Gasteiger partial charge in [0.1, 0.15) is 27.5 Å². The van der Waals surface area contributed by atoms with E-state index in [1.807, 2.05) is 0 Å². The summed E-state index contributed by atoms with van der Waals surface area (Å²) in [5.74, 6) is -2.11. The van der Waals surface area contributed by atoms with E-state index >= 15 is 0 Å². The van der Waals surface area contributed by atoms with E-state index in [0.29, 0.717) is 0 Å². The van der Waals surface area contributed by atoms with E-state index in [0.717, 1.165) is 12.1 Å². The Morgan fingerprint density at radius 1 is 1.44 bits per heavy atom. The van der Waals surface area contributed by atoms with E-state index in [-0.39, 0.29) is 18.7 Å². The Morgan fingerprint density at radius 3 is 2.44 bits per heavy atom. The van der Waals surface area contributed by atoms with E-state index in [1.54, 1.807) is 6.07 Å². The quantitative estimate of drug-likeness (QED) is 0.809. The summed E-state index contributed by atoms with van der Waals surface area (Å²) in [6, 6.07) is 3.18. The zero-order valence-corrected chi connectivity index (χ0v) is 8.85. The molecule has 0 amide bonds. The first-order valence-electron chi connectivity index (χ1n) is 4.25. The van der Waals surface area contributed by atoms with Crippen LogP contribution < -0.4 is 4.72 Å². The molecule has 0 heterocycles. The van der Waals surface area contributed by atoms with Gasteiger partial charge < -0.3 is 5.11 Å². The van der Waals surface area contributed by atoms with Crippen molar-refractivity contribution in [2.45, 2.75) is 4.90 Å². The molecule has 2 N–H and O–H groups in total. The number of nitrogens with zero attached hydrogens (tertiary/aromatic N) is 1. The zero-order valence-electron chi connectivity index (χ0n) is 8.04. The van der Waals surface area contributed by atoms with Gasteiger partial charge in [-0.15, -0.1) is 0 Å². The molecule has 0 aliphatic heterocycles. The minimum absolute atomic E-state index is 0.0501. The molecule has 1 rings (SSSR count). The van der Waals surface area contributed by atoms with Crippen molar-refractivity contribution < 1.29 is 18.1 Å². The third-order valence-electron chi connectivity index (χ3n) is 1.66. The monoisotopic (exact) mass is 246 g/mol. The summed E-state index contributed by atoms with van der Waals surface area (Å²) < 4.78 is 40.2. The van der Waals surface area contributed by atoms with Crippen LogP contribution in [0, 0.1) is 23.0 Å². The summed E-state index contributed by atoms with van der Waals surface area (Å²) >= 11 is 0. The van der Waals surface area contributed by atoms with Crippen molar-refractivity contribution in [2.24, 2.45) is 0 Å². The summed E-state index contributed by atoms with van der Waals surface area (Å²) in [6.45, 7) is -0.350. The molecule has 1 unspecified atom stereocenters. The molecule has 4 nitrogen and oxygen atoms in total. The van der Waals surface area contributed by atoms with Crippen molar-refractivity contribution in [3.8, 4) is 6.07 Å². The standard InChI is InChI=1S/C9H8F2N2O2S/c10-7-3-6(5-12)4-8(11)9(7)16(15)13-1-2-14/h3-4,13-14H,1-2H2. The number of aliphatic hydroxyl groups excluding tert-OH is 1. The van der Waals surface area contributed by atoms with Crippen molar-refractivity contribution >= 4 is 11.0 Å². The minimum Gasteiger partial charge on any atom is -0.395 e. The van der Waals surface area contributed by atoms with E-state index in [4.69, 9.17) is 10.4 Å². The minimum atomic E-state index is -2.09. The van der Waals surface area contributed by atoms with Gasteiger partial charge in [0.25, 0.3) is 0 Å². The van der Waals surface area contributed by atoms with E-state index in [2.05, 4.69) is 4.72 Å². The van der Waals surface area contributed by atoms with Crippen molar-refractivity contribution in [3.63, 3.8) is 0 Å². The molecule has 1 aromatic rings. The fraction of sp³-hybridized carbons (Fsp3) is 0.222. The van der Waals surface area contributed by atoms with Gasteiger partial charge in [0, 0.05) is 6.54 Å². The molecule has 86 valence electrons. The summed E-state index contributed by atoms with van der Waals surface area (Å²) in [5.41, 5.74) is -0.182. The first-order chi connectivity index (χ1) is 7.60. The van der Waals surface area contributed by atoms with E-state index < -0.39 is 27.5 Å². The van der Waals surface area contributed by atoms with Crippen LogP contribution in [0.4, 0.5) is 8.78 Å². The Balaban J connectivity index is 3.06. The molecule has 1 atom stereocenters. The SMILES string of the molecule is N#Cc1cc(F)c(S(=O)NCCO)c(F)c1. The van der Waals surface area contributed by atoms with Crippen molar-refractivity contribution in [1.82, 2.24) is 4.72 Å². The van der Waals surface area contributed by atoms with Crippen molar-refractivity contribution in [2.75, 3.05) is 13.2 Å². The van der Waals surface area contributed by atoms with Crippen molar-refractivity contribution in [1.29, 1.82) is 5.26 Å². The molecule has 0 spiro atoms. The lowest BCUT2D eigenvalue weighted by atomic mass is 10.2. The van der Waals surface area contributed by atoms with Crippen LogP contribution in [0.5, 0.6) is 0 Å². The number of benzene rings is 1. The molecule has 0 bridgehead atoms. The third-order valence-corrected chi connectivity index (χ3v) is 2.88. The maximum atomic E-state index is 13.3. The maximum Gasteiger partial charge on any atom is 0.144 e. The number of hydrogen-bond donors (Lipinski definition) is 2. The van der Waals surface area contributed by atoms with Crippen LogP contribution in [0.2, 0.25) is 0 Å². The highest BCUT2D eigenvalue weighted by Gasteiger charge is 2.17. The van der Waals surface area contributed by atoms with Crippen LogP contribution in [0.1, 0.15) is 5.56 Å². The Bertz CT molecular complexity index is 436. The topological polar surface area (TPSA) is 73.1 Å². The van der Waals surface area contributed by atoms with Gasteiger partial charge >= 0.3 is 0 Å². The smallest absolute Gasteiger partial charge is 0.144 e. The first-order valence-corrected chi connectivity index (χ1v) is 5.40. The van der Waals surface area contributed by atoms with Crippen LogP contribution >= 0.6 is 0 Å². The lowest BCUT2D eigenvalue weighted by Gasteiger charge is -2.05. The largest absolute Gasteiger partial charge is 0.395 e.